The van der Waals surface area contributed by atoms with Crippen molar-refractivity contribution in [3.05, 3.63) is 65.5 Å². The lowest BCUT2D eigenvalue weighted by Gasteiger charge is -2.34. The van der Waals surface area contributed by atoms with Crippen LogP contribution in [0.2, 0.25) is 0 Å². The quantitative estimate of drug-likeness (QED) is 0.741. The molecule has 3 rings (SSSR count). The highest BCUT2D eigenvalue weighted by Gasteiger charge is 2.34. The maximum Gasteiger partial charge on any atom is 0.282 e. The normalized spacial score (nSPS) is 17.0. The van der Waals surface area contributed by atoms with Gasteiger partial charge in [-0.05, 0) is 41.8 Å². The molecule has 7 nitrogen and oxygen atoms in total. The fraction of sp³-hybridized carbons (Fsp3) is 0.350. The molecule has 0 unspecified atom stereocenters. The van der Waals surface area contributed by atoms with Crippen LogP contribution in [0, 0.1) is 5.82 Å². The Morgan fingerprint density at radius 3 is 2.55 bits per heavy atom. The third-order valence-corrected chi connectivity index (χ3v) is 6.61. The maximum atomic E-state index is 13.1. The molecule has 0 bridgehead atoms. The number of halogens is 1. The van der Waals surface area contributed by atoms with Gasteiger partial charge in [0.05, 0.1) is 13.7 Å². The zero-order valence-corrected chi connectivity index (χ0v) is 17.0. The fourth-order valence-corrected chi connectivity index (χ4v) is 4.77. The number of ether oxygens (including phenoxy) is 1. The van der Waals surface area contributed by atoms with Gasteiger partial charge in [0.15, 0.2) is 0 Å². The predicted octanol–water partition coefficient (Wildman–Crippen LogP) is 1.90. The van der Waals surface area contributed by atoms with E-state index >= 15 is 0 Å². The Hall–Kier alpha value is -2.49. The average molecular weight is 421 g/mol. The molecule has 0 spiro atoms. The van der Waals surface area contributed by atoms with Gasteiger partial charge in [0.1, 0.15) is 11.6 Å². The first kappa shape index (κ1) is 21.2. The van der Waals surface area contributed by atoms with Crippen molar-refractivity contribution < 1.29 is 22.3 Å². The Bertz CT molecular complexity index is 950. The molecule has 1 saturated heterocycles. The van der Waals surface area contributed by atoms with Crippen LogP contribution in [-0.2, 0) is 28.1 Å². The number of nitrogens with one attached hydrogen (secondary N) is 1. The number of carbonyl (C=O) groups is 1. The zero-order valence-electron chi connectivity index (χ0n) is 16.2. The summed E-state index contributed by atoms with van der Waals surface area (Å²) in [7, 11) is -2.20. The Labute approximate surface area is 170 Å². The Kier molecular flexibility index (Phi) is 6.83. The summed E-state index contributed by atoms with van der Waals surface area (Å²) >= 11 is 0. The van der Waals surface area contributed by atoms with Gasteiger partial charge in [-0.2, -0.15) is 17.0 Å². The molecule has 1 heterocycles. The van der Waals surface area contributed by atoms with Gasteiger partial charge in [0.2, 0.25) is 5.91 Å². The van der Waals surface area contributed by atoms with Crippen LogP contribution in [0.3, 0.4) is 0 Å². The van der Waals surface area contributed by atoms with Crippen molar-refractivity contribution in [2.45, 2.75) is 19.5 Å². The fourth-order valence-electron chi connectivity index (χ4n) is 3.13. The molecule has 0 aromatic heterocycles. The standard InChI is InChI=1S/C20H24FN3O4S/c1-28-19-5-2-4-17(12-19)13-22-20(25)15-24-11-3-10-23(29(24,26)27)14-16-6-8-18(21)9-7-16/h2,4-9,12H,3,10-11,13-15H2,1H3,(H,22,25). The van der Waals surface area contributed by atoms with Crippen molar-refractivity contribution in [3.8, 4) is 5.75 Å². The molecule has 1 aliphatic heterocycles. The van der Waals surface area contributed by atoms with Crippen molar-refractivity contribution in [2.24, 2.45) is 0 Å². The van der Waals surface area contributed by atoms with Crippen LogP contribution in [0.25, 0.3) is 0 Å². The van der Waals surface area contributed by atoms with Crippen LogP contribution < -0.4 is 10.1 Å². The summed E-state index contributed by atoms with van der Waals surface area (Å²) in [4.78, 5) is 12.3. The summed E-state index contributed by atoms with van der Waals surface area (Å²) in [5.74, 6) is -0.0589. The van der Waals surface area contributed by atoms with Crippen LogP contribution >= 0.6 is 0 Å². The van der Waals surface area contributed by atoms with E-state index < -0.39 is 10.2 Å². The molecule has 29 heavy (non-hydrogen) atoms. The highest BCUT2D eigenvalue weighted by atomic mass is 32.2. The topological polar surface area (TPSA) is 79.0 Å². The number of benzene rings is 2. The molecule has 1 aliphatic rings. The summed E-state index contributed by atoms with van der Waals surface area (Å²) in [5, 5.41) is 2.75. The van der Waals surface area contributed by atoms with Crippen molar-refractivity contribution in [1.82, 2.24) is 13.9 Å². The van der Waals surface area contributed by atoms with E-state index in [1.807, 2.05) is 18.2 Å². The number of amides is 1. The Balaban J connectivity index is 1.59. The number of hydrogen-bond donors (Lipinski definition) is 1. The van der Waals surface area contributed by atoms with Crippen LogP contribution in [0.1, 0.15) is 17.5 Å². The Morgan fingerprint density at radius 2 is 1.83 bits per heavy atom. The second-order valence-electron chi connectivity index (χ2n) is 6.78. The number of hydrogen-bond acceptors (Lipinski definition) is 4. The molecule has 0 saturated carbocycles. The van der Waals surface area contributed by atoms with Crippen LogP contribution in [-0.4, -0.2) is 49.7 Å². The van der Waals surface area contributed by atoms with Gasteiger partial charge in [-0.1, -0.05) is 24.3 Å². The van der Waals surface area contributed by atoms with E-state index in [1.165, 1.54) is 20.7 Å². The summed E-state index contributed by atoms with van der Waals surface area (Å²) < 4.78 is 46.4. The van der Waals surface area contributed by atoms with Gasteiger partial charge >= 0.3 is 0 Å². The van der Waals surface area contributed by atoms with E-state index in [2.05, 4.69) is 5.32 Å². The largest absolute Gasteiger partial charge is 0.497 e. The maximum absolute atomic E-state index is 13.1. The van der Waals surface area contributed by atoms with Gasteiger partial charge in [0.25, 0.3) is 10.2 Å². The lowest BCUT2D eigenvalue weighted by molar-refractivity contribution is -0.121. The molecular weight excluding hydrogens is 397 g/mol. The molecule has 2 aromatic rings. The zero-order chi connectivity index (χ0) is 20.9. The minimum Gasteiger partial charge on any atom is -0.497 e. The number of methoxy groups -OCH3 is 1. The van der Waals surface area contributed by atoms with Crippen molar-refractivity contribution in [2.75, 3.05) is 26.7 Å². The first-order valence-electron chi connectivity index (χ1n) is 9.28. The molecular formula is C20H24FN3O4S. The van der Waals surface area contributed by atoms with E-state index in [-0.39, 0.29) is 37.9 Å². The second-order valence-corrected chi connectivity index (χ2v) is 8.71. The molecule has 156 valence electrons. The predicted molar refractivity (Wildman–Crippen MR) is 107 cm³/mol. The van der Waals surface area contributed by atoms with Gasteiger partial charge in [-0.15, -0.1) is 0 Å². The molecule has 0 aliphatic carbocycles. The minimum absolute atomic E-state index is 0.143. The SMILES string of the molecule is COc1cccc(CNC(=O)CN2CCCN(Cc3ccc(F)cc3)S2(=O)=O)c1. The third kappa shape index (κ3) is 5.53. The highest BCUT2D eigenvalue weighted by molar-refractivity contribution is 7.86. The Morgan fingerprint density at radius 1 is 1.10 bits per heavy atom. The first-order valence-corrected chi connectivity index (χ1v) is 10.7. The van der Waals surface area contributed by atoms with Crippen LogP contribution in [0.15, 0.2) is 48.5 Å². The van der Waals surface area contributed by atoms with Crippen molar-refractivity contribution >= 4 is 16.1 Å². The lowest BCUT2D eigenvalue weighted by Crippen LogP contribution is -2.52. The molecule has 1 N–H and O–H groups in total. The van der Waals surface area contributed by atoms with E-state index in [1.54, 1.807) is 25.3 Å². The smallest absolute Gasteiger partial charge is 0.282 e. The van der Waals surface area contributed by atoms with E-state index in [0.717, 1.165) is 5.56 Å². The van der Waals surface area contributed by atoms with Crippen molar-refractivity contribution in [1.29, 1.82) is 0 Å². The summed E-state index contributed by atoms with van der Waals surface area (Å²) in [6, 6.07) is 13.0. The second kappa shape index (κ2) is 9.34. The minimum atomic E-state index is -3.77. The third-order valence-electron chi connectivity index (χ3n) is 4.68. The number of nitrogens with zero attached hydrogens (tertiary/aromatic N) is 2. The summed E-state index contributed by atoms with van der Waals surface area (Å²) in [6.45, 7) is 0.830. The summed E-state index contributed by atoms with van der Waals surface area (Å²) in [6.07, 6.45) is 0.615. The van der Waals surface area contributed by atoms with E-state index in [9.17, 15) is 17.6 Å². The van der Waals surface area contributed by atoms with Crippen LogP contribution in [0.5, 0.6) is 5.75 Å². The molecule has 0 radical (unpaired) electrons. The van der Waals surface area contributed by atoms with Gasteiger partial charge in [-0.3, -0.25) is 4.79 Å². The molecule has 1 fully saturated rings. The molecule has 1 amide bonds. The first-order chi connectivity index (χ1) is 13.9. The van der Waals surface area contributed by atoms with Crippen LogP contribution in [0.4, 0.5) is 4.39 Å². The molecule has 0 atom stereocenters. The highest BCUT2D eigenvalue weighted by Crippen LogP contribution is 2.19. The molecule has 2 aromatic carbocycles. The van der Waals surface area contributed by atoms with Gasteiger partial charge in [-0.25, -0.2) is 4.39 Å². The van der Waals surface area contributed by atoms with E-state index in [0.29, 0.717) is 24.3 Å². The lowest BCUT2D eigenvalue weighted by atomic mass is 10.2. The van der Waals surface area contributed by atoms with E-state index in [4.69, 9.17) is 4.74 Å². The monoisotopic (exact) mass is 421 g/mol. The average Bonchev–Trinajstić information content (AvgIpc) is 2.71. The van der Waals surface area contributed by atoms with Gasteiger partial charge < -0.3 is 10.1 Å². The number of carbonyl (C=O) groups excluding carboxylic acids is 1. The number of rotatable bonds is 7. The van der Waals surface area contributed by atoms with Crippen molar-refractivity contribution in [3.63, 3.8) is 0 Å². The summed E-state index contributed by atoms with van der Waals surface area (Å²) in [5.41, 5.74) is 1.55. The molecule has 9 heteroatoms. The van der Waals surface area contributed by atoms with Gasteiger partial charge in [0, 0.05) is 26.2 Å².